The van der Waals surface area contributed by atoms with Crippen molar-refractivity contribution in [2.45, 2.75) is 13.5 Å². The average molecular weight is 366 g/mol. The van der Waals surface area contributed by atoms with Gasteiger partial charge in [-0.25, -0.2) is 0 Å². The van der Waals surface area contributed by atoms with Crippen LogP contribution in [0, 0.1) is 6.92 Å². The highest BCUT2D eigenvalue weighted by Crippen LogP contribution is 2.25. The lowest BCUT2D eigenvalue weighted by Crippen LogP contribution is -2.06. The van der Waals surface area contributed by atoms with Crippen LogP contribution in [0.1, 0.15) is 11.1 Å². The van der Waals surface area contributed by atoms with Gasteiger partial charge in [0.05, 0.1) is 0 Å². The Labute approximate surface area is 161 Å². The van der Waals surface area contributed by atoms with Gasteiger partial charge in [0.1, 0.15) is 5.52 Å². The zero-order valence-corrected chi connectivity index (χ0v) is 15.3. The van der Waals surface area contributed by atoms with E-state index in [2.05, 4.69) is 67.7 Å². The molecule has 0 unspecified atom stereocenters. The molecule has 0 aliphatic carbocycles. The number of aromatic nitrogens is 5. The van der Waals surface area contributed by atoms with E-state index >= 15 is 0 Å². The fraction of sp³-hybridized carbons (Fsp3) is 0.0909. The van der Waals surface area contributed by atoms with E-state index in [1.807, 2.05) is 30.5 Å². The van der Waals surface area contributed by atoms with Gasteiger partial charge in [-0.15, -0.1) is 10.2 Å². The molecule has 136 valence electrons. The number of H-pyrrole nitrogens is 1. The van der Waals surface area contributed by atoms with Gasteiger partial charge in [0.15, 0.2) is 5.65 Å². The number of rotatable bonds is 4. The van der Waals surface area contributed by atoms with Crippen molar-refractivity contribution < 1.29 is 0 Å². The van der Waals surface area contributed by atoms with E-state index in [0.717, 1.165) is 38.8 Å². The largest absolute Gasteiger partial charge is 0.349 e. The molecule has 0 aliphatic rings. The second-order valence-electron chi connectivity index (χ2n) is 6.76. The van der Waals surface area contributed by atoms with E-state index in [4.69, 9.17) is 0 Å². The Hall–Kier alpha value is -3.80. The van der Waals surface area contributed by atoms with Crippen molar-refractivity contribution in [3.8, 4) is 11.1 Å². The number of benzene rings is 2. The molecule has 6 heteroatoms. The van der Waals surface area contributed by atoms with Gasteiger partial charge in [0.25, 0.3) is 0 Å². The molecule has 3 heterocycles. The number of anilines is 1. The zero-order chi connectivity index (χ0) is 18.9. The van der Waals surface area contributed by atoms with Crippen molar-refractivity contribution in [3.05, 3.63) is 78.1 Å². The maximum atomic E-state index is 4.61. The molecule has 0 amide bonds. The Bertz CT molecular complexity index is 1280. The van der Waals surface area contributed by atoms with Crippen LogP contribution in [0.5, 0.6) is 0 Å². The lowest BCUT2D eigenvalue weighted by atomic mass is 10.0. The SMILES string of the molecule is Cc1ccc2[nH]c3nc(NCc4ccccc4-c4cccnc4)nnc3c2c1. The first-order chi connectivity index (χ1) is 13.8. The minimum Gasteiger partial charge on any atom is -0.349 e. The second kappa shape index (κ2) is 6.74. The third-order valence-corrected chi connectivity index (χ3v) is 4.80. The Morgan fingerprint density at radius 3 is 2.82 bits per heavy atom. The maximum absolute atomic E-state index is 4.61. The smallest absolute Gasteiger partial charge is 0.245 e. The van der Waals surface area contributed by atoms with Crippen molar-refractivity contribution in [3.63, 3.8) is 0 Å². The molecule has 0 atom stereocenters. The Balaban J connectivity index is 1.45. The first-order valence-corrected chi connectivity index (χ1v) is 9.13. The van der Waals surface area contributed by atoms with Crippen LogP contribution in [-0.4, -0.2) is 25.1 Å². The standard InChI is InChI=1S/C22H18N6/c1-14-8-9-19-18(11-14)20-21(25-19)26-22(28-27-20)24-13-16-5-2-3-7-17(16)15-6-4-10-23-12-15/h2-12H,13H2,1H3,(H2,24,25,26,28). The minimum absolute atomic E-state index is 0.497. The molecule has 3 aromatic heterocycles. The van der Waals surface area contributed by atoms with E-state index in [9.17, 15) is 0 Å². The van der Waals surface area contributed by atoms with Crippen LogP contribution in [0.4, 0.5) is 5.95 Å². The summed E-state index contributed by atoms with van der Waals surface area (Å²) in [6, 6.07) is 18.5. The van der Waals surface area contributed by atoms with Gasteiger partial charge in [0.2, 0.25) is 5.95 Å². The number of hydrogen-bond donors (Lipinski definition) is 2. The first-order valence-electron chi connectivity index (χ1n) is 9.13. The first kappa shape index (κ1) is 16.4. The molecule has 0 saturated carbocycles. The molecule has 0 fully saturated rings. The predicted molar refractivity (Wildman–Crippen MR) is 111 cm³/mol. The number of nitrogens with one attached hydrogen (secondary N) is 2. The molecule has 5 rings (SSSR count). The molecule has 0 saturated heterocycles. The predicted octanol–water partition coefficient (Wildman–Crippen LogP) is 4.49. The summed E-state index contributed by atoms with van der Waals surface area (Å²) in [5.74, 6) is 0.497. The Kier molecular flexibility index (Phi) is 3.94. The fourth-order valence-electron chi connectivity index (χ4n) is 3.41. The highest BCUT2D eigenvalue weighted by atomic mass is 15.2. The molecule has 6 nitrogen and oxygen atoms in total. The molecule has 0 aliphatic heterocycles. The second-order valence-corrected chi connectivity index (χ2v) is 6.76. The molecular weight excluding hydrogens is 348 g/mol. The van der Waals surface area contributed by atoms with E-state index < -0.39 is 0 Å². The summed E-state index contributed by atoms with van der Waals surface area (Å²) in [5.41, 5.74) is 7.09. The zero-order valence-electron chi connectivity index (χ0n) is 15.3. The van der Waals surface area contributed by atoms with E-state index in [1.54, 1.807) is 6.20 Å². The molecule has 0 radical (unpaired) electrons. The van der Waals surface area contributed by atoms with Crippen molar-refractivity contribution in [2.24, 2.45) is 0 Å². The van der Waals surface area contributed by atoms with Crippen LogP contribution in [-0.2, 0) is 6.54 Å². The molecule has 0 spiro atoms. The number of fused-ring (bicyclic) bond motifs is 3. The summed E-state index contributed by atoms with van der Waals surface area (Å²) >= 11 is 0. The minimum atomic E-state index is 0.497. The highest BCUT2D eigenvalue weighted by molar-refractivity contribution is 6.03. The topological polar surface area (TPSA) is 79.4 Å². The van der Waals surface area contributed by atoms with E-state index in [-0.39, 0.29) is 0 Å². The van der Waals surface area contributed by atoms with Crippen LogP contribution >= 0.6 is 0 Å². The normalized spacial score (nSPS) is 11.2. The van der Waals surface area contributed by atoms with Gasteiger partial charge in [-0.2, -0.15) is 4.98 Å². The molecule has 5 aromatic rings. The van der Waals surface area contributed by atoms with Crippen molar-refractivity contribution in [1.29, 1.82) is 0 Å². The lowest BCUT2D eigenvalue weighted by Gasteiger charge is -2.10. The fourth-order valence-corrected chi connectivity index (χ4v) is 3.41. The van der Waals surface area contributed by atoms with Crippen LogP contribution < -0.4 is 5.32 Å². The van der Waals surface area contributed by atoms with Gasteiger partial charge in [-0.3, -0.25) is 4.98 Å². The number of aryl methyl sites for hydroxylation is 1. The van der Waals surface area contributed by atoms with Crippen LogP contribution in [0.15, 0.2) is 67.0 Å². The van der Waals surface area contributed by atoms with Crippen LogP contribution in [0.25, 0.3) is 33.2 Å². The molecule has 28 heavy (non-hydrogen) atoms. The third-order valence-electron chi connectivity index (χ3n) is 4.80. The quantitative estimate of drug-likeness (QED) is 0.490. The van der Waals surface area contributed by atoms with Crippen molar-refractivity contribution >= 4 is 28.0 Å². The van der Waals surface area contributed by atoms with E-state index in [1.165, 1.54) is 5.56 Å². The molecule has 2 N–H and O–H groups in total. The van der Waals surface area contributed by atoms with Gasteiger partial charge < -0.3 is 10.3 Å². The molecular formula is C22H18N6. The maximum Gasteiger partial charge on any atom is 0.245 e. The monoisotopic (exact) mass is 366 g/mol. The summed E-state index contributed by atoms with van der Waals surface area (Å²) in [6.45, 7) is 2.66. The van der Waals surface area contributed by atoms with Crippen molar-refractivity contribution in [2.75, 3.05) is 5.32 Å². The summed E-state index contributed by atoms with van der Waals surface area (Å²) < 4.78 is 0. The van der Waals surface area contributed by atoms with Gasteiger partial charge in [0, 0.05) is 35.4 Å². The Morgan fingerprint density at radius 1 is 1.00 bits per heavy atom. The summed E-state index contributed by atoms with van der Waals surface area (Å²) in [7, 11) is 0. The number of hydrogen-bond acceptors (Lipinski definition) is 5. The van der Waals surface area contributed by atoms with Crippen LogP contribution in [0.3, 0.4) is 0 Å². The highest BCUT2D eigenvalue weighted by Gasteiger charge is 2.10. The summed E-state index contributed by atoms with van der Waals surface area (Å²) in [5, 5.41) is 13.0. The summed E-state index contributed by atoms with van der Waals surface area (Å²) in [4.78, 5) is 12.1. The average Bonchev–Trinajstić information content (AvgIpc) is 3.10. The third kappa shape index (κ3) is 2.95. The lowest BCUT2D eigenvalue weighted by molar-refractivity contribution is 0.983. The Morgan fingerprint density at radius 2 is 1.93 bits per heavy atom. The number of aromatic amines is 1. The van der Waals surface area contributed by atoms with Crippen LogP contribution in [0.2, 0.25) is 0 Å². The molecule has 2 aromatic carbocycles. The number of pyridine rings is 1. The summed E-state index contributed by atoms with van der Waals surface area (Å²) in [6.07, 6.45) is 3.65. The number of nitrogens with zero attached hydrogens (tertiary/aromatic N) is 4. The van der Waals surface area contributed by atoms with Gasteiger partial charge in [-0.05, 0) is 36.2 Å². The van der Waals surface area contributed by atoms with E-state index in [0.29, 0.717) is 12.5 Å². The van der Waals surface area contributed by atoms with Crippen molar-refractivity contribution in [1.82, 2.24) is 25.1 Å². The molecule has 0 bridgehead atoms. The van der Waals surface area contributed by atoms with Gasteiger partial charge in [-0.1, -0.05) is 42.0 Å². The van der Waals surface area contributed by atoms with Gasteiger partial charge >= 0.3 is 0 Å².